The van der Waals surface area contributed by atoms with Crippen molar-refractivity contribution in [3.05, 3.63) is 35.4 Å². The van der Waals surface area contributed by atoms with Crippen LogP contribution in [0.15, 0.2) is 18.3 Å². The molecule has 3 rings (SSSR count). The molecule has 0 fully saturated rings. The van der Waals surface area contributed by atoms with Crippen LogP contribution < -0.4 is 0 Å². The minimum atomic E-state index is -4.51. The molecule has 3 aromatic rings. The van der Waals surface area contributed by atoms with Crippen LogP contribution in [0.25, 0.3) is 16.9 Å². The van der Waals surface area contributed by atoms with E-state index in [9.17, 15) is 13.2 Å². The maximum Gasteiger partial charge on any atom is 0.433 e. The molecule has 0 aromatic carbocycles. The summed E-state index contributed by atoms with van der Waals surface area (Å²) in [5.74, 6) is 0. The van der Waals surface area contributed by atoms with Crippen LogP contribution in [0, 0.1) is 13.8 Å². The van der Waals surface area contributed by atoms with Gasteiger partial charge in [-0.3, -0.25) is 4.68 Å². The molecule has 0 aliphatic carbocycles. The SMILES string of the molecule is Cc1cc2nc(-c3cn(C)nc3C)cc(C(F)(F)F)n2n1. The lowest BCUT2D eigenvalue weighted by molar-refractivity contribution is -0.142. The maximum absolute atomic E-state index is 13.2. The van der Waals surface area contributed by atoms with Crippen LogP contribution in [-0.2, 0) is 13.2 Å². The lowest BCUT2D eigenvalue weighted by Crippen LogP contribution is -2.13. The van der Waals surface area contributed by atoms with Crippen molar-refractivity contribution in [2.24, 2.45) is 7.05 Å². The summed E-state index contributed by atoms with van der Waals surface area (Å²) in [5.41, 5.74) is 1.23. The summed E-state index contributed by atoms with van der Waals surface area (Å²) in [6.45, 7) is 3.36. The minimum absolute atomic E-state index is 0.167. The average molecular weight is 295 g/mol. The van der Waals surface area contributed by atoms with Crippen LogP contribution in [-0.4, -0.2) is 24.4 Å². The minimum Gasteiger partial charge on any atom is -0.275 e. The van der Waals surface area contributed by atoms with Gasteiger partial charge < -0.3 is 0 Å². The quantitative estimate of drug-likeness (QED) is 0.693. The molecule has 0 saturated heterocycles. The van der Waals surface area contributed by atoms with E-state index in [4.69, 9.17) is 0 Å². The third-order valence-corrected chi connectivity index (χ3v) is 3.13. The molecule has 0 aliphatic rings. The average Bonchev–Trinajstić information content (AvgIpc) is 2.87. The topological polar surface area (TPSA) is 48.0 Å². The van der Waals surface area contributed by atoms with Gasteiger partial charge in [-0.15, -0.1) is 0 Å². The van der Waals surface area contributed by atoms with Gasteiger partial charge in [0.2, 0.25) is 0 Å². The summed E-state index contributed by atoms with van der Waals surface area (Å²) in [7, 11) is 1.71. The number of hydrogen-bond donors (Lipinski definition) is 0. The maximum atomic E-state index is 13.2. The van der Waals surface area contributed by atoms with E-state index in [1.165, 1.54) is 6.07 Å². The Morgan fingerprint density at radius 2 is 1.81 bits per heavy atom. The number of rotatable bonds is 1. The highest BCUT2D eigenvalue weighted by Gasteiger charge is 2.35. The third-order valence-electron chi connectivity index (χ3n) is 3.13. The first kappa shape index (κ1) is 13.6. The molecule has 0 radical (unpaired) electrons. The van der Waals surface area contributed by atoms with E-state index in [1.54, 1.807) is 31.8 Å². The fourth-order valence-electron chi connectivity index (χ4n) is 2.28. The van der Waals surface area contributed by atoms with E-state index in [0.29, 0.717) is 17.0 Å². The van der Waals surface area contributed by atoms with Crippen LogP contribution in [0.4, 0.5) is 13.2 Å². The first-order chi connectivity index (χ1) is 9.75. The van der Waals surface area contributed by atoms with Gasteiger partial charge in [-0.1, -0.05) is 0 Å². The van der Waals surface area contributed by atoms with Crippen molar-refractivity contribution < 1.29 is 13.2 Å². The molecule has 0 atom stereocenters. The monoisotopic (exact) mass is 295 g/mol. The molecule has 3 heterocycles. The number of halogens is 3. The summed E-state index contributed by atoms with van der Waals surface area (Å²) >= 11 is 0. The summed E-state index contributed by atoms with van der Waals surface area (Å²) < 4.78 is 42.0. The molecule has 0 bridgehead atoms. The van der Waals surface area contributed by atoms with Crippen molar-refractivity contribution in [1.82, 2.24) is 24.4 Å². The Hall–Kier alpha value is -2.38. The second-order valence-corrected chi connectivity index (χ2v) is 4.88. The van der Waals surface area contributed by atoms with Crippen LogP contribution in [0.5, 0.6) is 0 Å². The van der Waals surface area contributed by atoms with Gasteiger partial charge in [-0.05, 0) is 19.9 Å². The Balaban J connectivity index is 2.32. The normalized spacial score (nSPS) is 12.3. The Kier molecular flexibility index (Phi) is 2.79. The van der Waals surface area contributed by atoms with Gasteiger partial charge >= 0.3 is 6.18 Å². The van der Waals surface area contributed by atoms with Gasteiger partial charge in [-0.2, -0.15) is 23.4 Å². The molecular weight excluding hydrogens is 283 g/mol. The zero-order valence-electron chi connectivity index (χ0n) is 11.6. The fourth-order valence-corrected chi connectivity index (χ4v) is 2.28. The predicted molar refractivity (Wildman–Crippen MR) is 69.7 cm³/mol. The van der Waals surface area contributed by atoms with Crippen molar-refractivity contribution >= 4 is 5.65 Å². The van der Waals surface area contributed by atoms with Gasteiger partial charge in [0, 0.05) is 24.9 Å². The molecule has 3 aromatic heterocycles. The Morgan fingerprint density at radius 3 is 2.38 bits per heavy atom. The second-order valence-electron chi connectivity index (χ2n) is 4.88. The molecular formula is C13H12F3N5. The molecule has 21 heavy (non-hydrogen) atoms. The molecule has 5 nitrogen and oxygen atoms in total. The van der Waals surface area contributed by atoms with Crippen molar-refractivity contribution in [2.75, 3.05) is 0 Å². The molecule has 0 aliphatic heterocycles. The van der Waals surface area contributed by atoms with E-state index >= 15 is 0 Å². The molecule has 0 amide bonds. The second kappa shape index (κ2) is 4.31. The highest BCUT2D eigenvalue weighted by atomic mass is 19.4. The summed E-state index contributed by atoms with van der Waals surface area (Å²) in [5, 5.41) is 7.99. The summed E-state index contributed by atoms with van der Waals surface area (Å²) in [6, 6.07) is 2.52. The highest BCUT2D eigenvalue weighted by Crippen LogP contribution is 2.32. The van der Waals surface area contributed by atoms with Gasteiger partial charge in [0.05, 0.1) is 17.1 Å². The first-order valence-corrected chi connectivity index (χ1v) is 6.21. The first-order valence-electron chi connectivity index (χ1n) is 6.21. The van der Waals surface area contributed by atoms with Crippen LogP contribution in [0.2, 0.25) is 0 Å². The lowest BCUT2D eigenvalue weighted by atomic mass is 10.1. The number of aryl methyl sites for hydroxylation is 3. The van der Waals surface area contributed by atoms with Crippen molar-refractivity contribution in [3.8, 4) is 11.3 Å². The largest absolute Gasteiger partial charge is 0.433 e. The van der Waals surface area contributed by atoms with E-state index in [0.717, 1.165) is 10.6 Å². The molecule has 0 N–H and O–H groups in total. The molecule has 110 valence electrons. The molecule has 0 unspecified atom stereocenters. The third kappa shape index (κ3) is 2.26. The molecule has 0 saturated carbocycles. The zero-order valence-corrected chi connectivity index (χ0v) is 11.6. The van der Waals surface area contributed by atoms with Crippen LogP contribution in [0.1, 0.15) is 17.1 Å². The van der Waals surface area contributed by atoms with E-state index in [2.05, 4.69) is 15.2 Å². The van der Waals surface area contributed by atoms with Crippen LogP contribution in [0.3, 0.4) is 0 Å². The van der Waals surface area contributed by atoms with E-state index < -0.39 is 11.9 Å². The smallest absolute Gasteiger partial charge is 0.275 e. The number of hydrogen-bond acceptors (Lipinski definition) is 3. The number of nitrogens with zero attached hydrogens (tertiary/aromatic N) is 5. The number of alkyl halides is 3. The standard InChI is InChI=1S/C13H12F3N5/c1-7-4-12-17-10(9-6-20(3)19-8(9)2)5-11(13(14,15)16)21(12)18-7/h4-6H,1-3H3. The number of fused-ring (bicyclic) bond motifs is 1. The van der Waals surface area contributed by atoms with Crippen LogP contribution >= 0.6 is 0 Å². The Morgan fingerprint density at radius 1 is 1.10 bits per heavy atom. The van der Waals surface area contributed by atoms with Gasteiger partial charge in [0.25, 0.3) is 0 Å². The molecule has 0 spiro atoms. The fraction of sp³-hybridized carbons (Fsp3) is 0.308. The lowest BCUT2D eigenvalue weighted by Gasteiger charge is -2.10. The van der Waals surface area contributed by atoms with Gasteiger partial charge in [-0.25, -0.2) is 9.50 Å². The van der Waals surface area contributed by atoms with E-state index in [1.807, 2.05) is 0 Å². The number of aromatic nitrogens is 5. The van der Waals surface area contributed by atoms with Gasteiger partial charge in [0.1, 0.15) is 0 Å². The zero-order chi connectivity index (χ0) is 15.4. The van der Waals surface area contributed by atoms with E-state index in [-0.39, 0.29) is 11.3 Å². The predicted octanol–water partition coefficient (Wildman–Crippen LogP) is 2.77. The Labute approximate surface area is 118 Å². The summed E-state index contributed by atoms with van der Waals surface area (Å²) in [6.07, 6.45) is -2.86. The van der Waals surface area contributed by atoms with Gasteiger partial charge in [0.15, 0.2) is 11.3 Å². The van der Waals surface area contributed by atoms with Crippen molar-refractivity contribution in [2.45, 2.75) is 20.0 Å². The van der Waals surface area contributed by atoms with Crippen molar-refractivity contribution in [3.63, 3.8) is 0 Å². The molecule has 8 heteroatoms. The highest BCUT2D eigenvalue weighted by molar-refractivity contribution is 5.64. The van der Waals surface area contributed by atoms with Crippen molar-refractivity contribution in [1.29, 1.82) is 0 Å². The Bertz CT molecular complexity index is 828. The summed E-state index contributed by atoms with van der Waals surface area (Å²) in [4.78, 5) is 4.26.